The Labute approximate surface area is 138 Å². The Balaban J connectivity index is 1.97. The van der Waals surface area contributed by atoms with Crippen molar-refractivity contribution in [3.8, 4) is 0 Å². The van der Waals surface area contributed by atoms with Gasteiger partial charge in [0.05, 0.1) is 10.9 Å². The number of nitrogens with two attached hydrogens (primary N) is 2. The number of hydrogen-bond acceptors (Lipinski definition) is 4. The van der Waals surface area contributed by atoms with Gasteiger partial charge in [0.25, 0.3) is 5.91 Å². The maximum atomic E-state index is 12.8. The summed E-state index contributed by atoms with van der Waals surface area (Å²) in [6.45, 7) is 0.829. The van der Waals surface area contributed by atoms with Gasteiger partial charge in [0.2, 0.25) is 11.3 Å². The van der Waals surface area contributed by atoms with Crippen molar-refractivity contribution >= 4 is 28.4 Å². The van der Waals surface area contributed by atoms with Crippen LogP contribution in [-0.2, 0) is 11.8 Å². The number of anilines is 1. The number of amides is 2. The molecule has 1 fully saturated rings. The standard InChI is InChI=1S/C17H20N4O3/c1-20-9-11(15(22)14-12(18)3-2-4-13(14)20)17(24)21-7-5-10(6-8-21)16(19)23/h2-4,9-10H,5-8,18H2,1H3,(H2,19,23). The Morgan fingerprint density at radius 2 is 1.88 bits per heavy atom. The van der Waals surface area contributed by atoms with E-state index >= 15 is 0 Å². The molecule has 0 spiro atoms. The average Bonchev–Trinajstić information content (AvgIpc) is 2.57. The maximum absolute atomic E-state index is 12.8. The minimum absolute atomic E-state index is 0.0976. The van der Waals surface area contributed by atoms with E-state index in [1.807, 2.05) is 0 Å². The highest BCUT2D eigenvalue weighted by molar-refractivity contribution is 6.00. The zero-order valence-corrected chi connectivity index (χ0v) is 13.5. The summed E-state index contributed by atoms with van der Waals surface area (Å²) in [7, 11) is 1.78. The lowest BCUT2D eigenvalue weighted by atomic mass is 9.96. The minimum atomic E-state index is -0.358. The Bertz CT molecular complexity index is 879. The van der Waals surface area contributed by atoms with Crippen molar-refractivity contribution in [2.24, 2.45) is 18.7 Å². The van der Waals surface area contributed by atoms with Crippen molar-refractivity contribution in [1.29, 1.82) is 0 Å². The summed E-state index contributed by atoms with van der Waals surface area (Å²) >= 11 is 0. The second-order valence-electron chi connectivity index (χ2n) is 6.19. The lowest BCUT2D eigenvalue weighted by Crippen LogP contribution is -2.43. The number of benzene rings is 1. The molecule has 0 atom stereocenters. The highest BCUT2D eigenvalue weighted by Crippen LogP contribution is 2.21. The summed E-state index contributed by atoms with van der Waals surface area (Å²) in [4.78, 5) is 38.3. The topological polar surface area (TPSA) is 111 Å². The number of likely N-dealkylation sites (tertiary alicyclic amines) is 1. The SMILES string of the molecule is Cn1cc(C(=O)N2CCC(C(N)=O)CC2)c(=O)c2c(N)cccc21. The molecule has 0 unspecified atom stereocenters. The lowest BCUT2D eigenvalue weighted by molar-refractivity contribution is -0.123. The van der Waals surface area contributed by atoms with Crippen molar-refractivity contribution < 1.29 is 9.59 Å². The molecule has 1 aliphatic rings. The third kappa shape index (κ3) is 2.62. The summed E-state index contributed by atoms with van der Waals surface area (Å²) in [6, 6.07) is 5.21. The van der Waals surface area contributed by atoms with Gasteiger partial charge in [0.1, 0.15) is 5.56 Å². The minimum Gasteiger partial charge on any atom is -0.398 e. The van der Waals surface area contributed by atoms with Gasteiger partial charge in [-0.05, 0) is 25.0 Å². The quantitative estimate of drug-likeness (QED) is 0.780. The molecule has 2 heterocycles. The second kappa shape index (κ2) is 5.99. The van der Waals surface area contributed by atoms with Gasteiger partial charge < -0.3 is 20.9 Å². The molecule has 0 radical (unpaired) electrons. The number of piperidine rings is 1. The first-order valence-electron chi connectivity index (χ1n) is 7.86. The number of carbonyl (C=O) groups excluding carboxylic acids is 2. The number of nitrogens with zero attached hydrogens (tertiary/aromatic N) is 2. The first-order valence-corrected chi connectivity index (χ1v) is 7.86. The molecule has 0 aliphatic carbocycles. The van der Waals surface area contributed by atoms with Gasteiger partial charge in [0, 0.05) is 37.9 Å². The Kier molecular flexibility index (Phi) is 4.01. The van der Waals surface area contributed by atoms with Crippen LogP contribution in [0.2, 0.25) is 0 Å². The monoisotopic (exact) mass is 328 g/mol. The average molecular weight is 328 g/mol. The number of rotatable bonds is 2. The number of fused-ring (bicyclic) bond motifs is 1. The molecular formula is C17H20N4O3. The van der Waals surface area contributed by atoms with E-state index < -0.39 is 0 Å². The highest BCUT2D eigenvalue weighted by atomic mass is 16.2. The van der Waals surface area contributed by atoms with Crippen LogP contribution < -0.4 is 16.9 Å². The van der Waals surface area contributed by atoms with Gasteiger partial charge in [-0.2, -0.15) is 0 Å². The second-order valence-corrected chi connectivity index (χ2v) is 6.19. The molecule has 1 aromatic carbocycles. The van der Waals surface area contributed by atoms with Crippen LogP contribution in [0.4, 0.5) is 5.69 Å². The van der Waals surface area contributed by atoms with Crippen LogP contribution in [0.5, 0.6) is 0 Å². The highest BCUT2D eigenvalue weighted by Gasteiger charge is 2.28. The molecule has 2 amide bonds. The molecule has 1 aliphatic heterocycles. The summed E-state index contributed by atoms with van der Waals surface area (Å²) in [5.41, 5.74) is 12.0. The predicted octanol–water partition coefficient (Wildman–Crippen LogP) is 0.458. The number of aryl methyl sites for hydroxylation is 1. The molecule has 0 saturated carbocycles. The first kappa shape index (κ1) is 16.0. The van der Waals surface area contributed by atoms with Crippen LogP contribution >= 0.6 is 0 Å². The molecule has 7 nitrogen and oxygen atoms in total. The van der Waals surface area contributed by atoms with E-state index in [0.717, 1.165) is 0 Å². The van der Waals surface area contributed by atoms with E-state index in [4.69, 9.17) is 11.5 Å². The van der Waals surface area contributed by atoms with Crippen molar-refractivity contribution in [2.75, 3.05) is 18.8 Å². The number of carbonyl (C=O) groups is 2. The largest absolute Gasteiger partial charge is 0.398 e. The Morgan fingerprint density at radius 1 is 1.21 bits per heavy atom. The summed E-state index contributed by atoms with van der Waals surface area (Å²) in [5, 5.41) is 0.359. The normalized spacial score (nSPS) is 15.6. The number of aromatic nitrogens is 1. The van der Waals surface area contributed by atoms with Gasteiger partial charge in [-0.15, -0.1) is 0 Å². The van der Waals surface area contributed by atoms with Gasteiger partial charge in [-0.25, -0.2) is 0 Å². The fourth-order valence-electron chi connectivity index (χ4n) is 3.25. The van der Waals surface area contributed by atoms with E-state index in [9.17, 15) is 14.4 Å². The number of primary amides is 1. The zero-order chi connectivity index (χ0) is 17.4. The predicted molar refractivity (Wildman–Crippen MR) is 91.4 cm³/mol. The zero-order valence-electron chi connectivity index (χ0n) is 13.5. The molecule has 2 aromatic rings. The smallest absolute Gasteiger partial charge is 0.259 e. The molecule has 1 aromatic heterocycles. The Hall–Kier alpha value is -2.83. The molecule has 0 bridgehead atoms. The number of pyridine rings is 1. The molecular weight excluding hydrogens is 308 g/mol. The summed E-state index contributed by atoms with van der Waals surface area (Å²) in [5.74, 6) is -0.871. The van der Waals surface area contributed by atoms with Crippen molar-refractivity contribution in [3.63, 3.8) is 0 Å². The molecule has 24 heavy (non-hydrogen) atoms. The van der Waals surface area contributed by atoms with Crippen LogP contribution in [-0.4, -0.2) is 34.4 Å². The lowest BCUT2D eigenvalue weighted by Gasteiger charge is -2.30. The summed E-state index contributed by atoms with van der Waals surface area (Å²) in [6.07, 6.45) is 2.60. The molecule has 3 rings (SSSR count). The van der Waals surface area contributed by atoms with Gasteiger partial charge >= 0.3 is 0 Å². The van der Waals surface area contributed by atoms with Gasteiger partial charge in [-0.1, -0.05) is 6.07 Å². The molecule has 4 N–H and O–H groups in total. The van der Waals surface area contributed by atoms with E-state index in [0.29, 0.717) is 42.5 Å². The first-order chi connectivity index (χ1) is 11.4. The third-order valence-corrected chi connectivity index (χ3v) is 4.66. The van der Waals surface area contributed by atoms with E-state index in [-0.39, 0.29) is 28.7 Å². The Morgan fingerprint density at radius 3 is 2.50 bits per heavy atom. The van der Waals surface area contributed by atoms with Crippen LogP contribution in [0, 0.1) is 5.92 Å². The summed E-state index contributed by atoms with van der Waals surface area (Å²) < 4.78 is 1.73. The fraction of sp³-hybridized carbons (Fsp3) is 0.353. The van der Waals surface area contributed by atoms with Crippen molar-refractivity contribution in [3.05, 3.63) is 40.2 Å². The molecule has 126 valence electrons. The van der Waals surface area contributed by atoms with E-state index in [1.165, 1.54) is 0 Å². The van der Waals surface area contributed by atoms with Crippen molar-refractivity contribution in [2.45, 2.75) is 12.8 Å². The number of nitrogen functional groups attached to an aromatic ring is 1. The van der Waals surface area contributed by atoms with E-state index in [2.05, 4.69) is 0 Å². The van der Waals surface area contributed by atoms with Gasteiger partial charge in [0.15, 0.2) is 0 Å². The van der Waals surface area contributed by atoms with Crippen LogP contribution in [0.15, 0.2) is 29.2 Å². The fourth-order valence-corrected chi connectivity index (χ4v) is 3.25. The maximum Gasteiger partial charge on any atom is 0.259 e. The van der Waals surface area contributed by atoms with Gasteiger partial charge in [-0.3, -0.25) is 14.4 Å². The van der Waals surface area contributed by atoms with Crippen LogP contribution in [0.25, 0.3) is 10.9 Å². The number of hydrogen-bond donors (Lipinski definition) is 2. The van der Waals surface area contributed by atoms with E-state index in [1.54, 1.807) is 40.9 Å². The molecule has 1 saturated heterocycles. The van der Waals surface area contributed by atoms with Crippen molar-refractivity contribution in [1.82, 2.24) is 9.47 Å². The third-order valence-electron chi connectivity index (χ3n) is 4.66. The van der Waals surface area contributed by atoms with Crippen LogP contribution in [0.3, 0.4) is 0 Å². The molecule has 7 heteroatoms. The van der Waals surface area contributed by atoms with Crippen LogP contribution in [0.1, 0.15) is 23.2 Å².